The molecule has 0 aliphatic heterocycles. The molecule has 0 saturated heterocycles. The first-order chi connectivity index (χ1) is 5.81. The Hall–Kier alpha value is -0.850. The van der Waals surface area contributed by atoms with Crippen molar-refractivity contribution in [3.63, 3.8) is 0 Å². The van der Waals surface area contributed by atoms with Crippen molar-refractivity contribution < 1.29 is 4.79 Å². The van der Waals surface area contributed by atoms with Gasteiger partial charge in [-0.25, -0.2) is 0 Å². The molecule has 0 heterocycles. The summed E-state index contributed by atoms with van der Waals surface area (Å²) in [6.07, 6.45) is 8.11. The lowest BCUT2D eigenvalue weighted by Crippen LogP contribution is -1.82. The van der Waals surface area contributed by atoms with E-state index in [9.17, 15) is 4.79 Å². The summed E-state index contributed by atoms with van der Waals surface area (Å²) in [6.45, 7) is 9.49. The van der Waals surface area contributed by atoms with Crippen molar-refractivity contribution in [3.05, 3.63) is 24.8 Å². The second-order valence-electron chi connectivity index (χ2n) is 2.15. The van der Waals surface area contributed by atoms with Crippen molar-refractivity contribution in [3.8, 4) is 0 Å². The Morgan fingerprint density at radius 3 is 2.42 bits per heavy atom. The first kappa shape index (κ1) is 13.7. The van der Waals surface area contributed by atoms with Gasteiger partial charge in [-0.2, -0.15) is 0 Å². The van der Waals surface area contributed by atoms with Gasteiger partial charge in [0.05, 0.1) is 0 Å². The molecule has 12 heavy (non-hydrogen) atoms. The van der Waals surface area contributed by atoms with E-state index in [4.69, 9.17) is 0 Å². The van der Waals surface area contributed by atoms with Gasteiger partial charge >= 0.3 is 0 Å². The Balaban J connectivity index is 0. The van der Waals surface area contributed by atoms with Crippen LogP contribution in [0.4, 0.5) is 0 Å². The van der Waals surface area contributed by atoms with Gasteiger partial charge in [0.1, 0.15) is 0 Å². The number of hydrogen-bond acceptors (Lipinski definition) is 1. The normalized spacial score (nSPS) is 8.92. The monoisotopic (exact) mass is 168 g/mol. The molecule has 1 nitrogen and oxygen atoms in total. The molecule has 0 rings (SSSR count). The van der Waals surface area contributed by atoms with Gasteiger partial charge in [0, 0.05) is 0 Å². The Morgan fingerprint density at radius 1 is 1.42 bits per heavy atom. The Kier molecular flexibility index (Phi) is 14.6. The highest BCUT2D eigenvalue weighted by molar-refractivity contribution is 5.98. The Morgan fingerprint density at radius 2 is 2.00 bits per heavy atom. The lowest BCUT2D eigenvalue weighted by Gasteiger charge is -1.85. The summed E-state index contributed by atoms with van der Waals surface area (Å²) in [7, 11) is 0. The maximum absolute atomic E-state index is 10.6. The van der Waals surface area contributed by atoms with E-state index in [0.29, 0.717) is 0 Å². The molecule has 0 aromatic heterocycles. The molecule has 0 amide bonds. The molecule has 0 aliphatic rings. The average Bonchev–Trinajstić information content (AvgIpc) is 2.15. The number of ketones is 1. The highest BCUT2D eigenvalue weighted by atomic mass is 16.1. The topological polar surface area (TPSA) is 17.1 Å². The lowest BCUT2D eigenvalue weighted by molar-refractivity contribution is -0.110. The first-order valence-corrected chi connectivity index (χ1v) is 4.64. The third-order valence-electron chi connectivity index (χ3n) is 1.21. The van der Waals surface area contributed by atoms with Crippen molar-refractivity contribution >= 4 is 5.78 Å². The van der Waals surface area contributed by atoms with Gasteiger partial charge < -0.3 is 0 Å². The summed E-state index contributed by atoms with van der Waals surface area (Å²) in [5.41, 5.74) is 0. The number of allylic oxidation sites excluding steroid dienone is 3. The summed E-state index contributed by atoms with van der Waals surface area (Å²) in [5, 5.41) is 0. The molecule has 0 N–H and O–H groups in total. The third-order valence-corrected chi connectivity index (χ3v) is 1.21. The van der Waals surface area contributed by atoms with Crippen LogP contribution in [-0.4, -0.2) is 5.78 Å². The van der Waals surface area contributed by atoms with Crippen LogP contribution < -0.4 is 0 Å². The maximum Gasteiger partial charge on any atom is 0.177 e. The van der Waals surface area contributed by atoms with E-state index in [-0.39, 0.29) is 5.78 Å². The van der Waals surface area contributed by atoms with Gasteiger partial charge in [-0.1, -0.05) is 46.3 Å². The molecule has 0 saturated carbocycles. The highest BCUT2D eigenvalue weighted by Crippen LogP contribution is 1.94. The average molecular weight is 168 g/mol. The van der Waals surface area contributed by atoms with Crippen LogP contribution in [-0.2, 0) is 4.79 Å². The van der Waals surface area contributed by atoms with Gasteiger partial charge in [-0.3, -0.25) is 4.79 Å². The van der Waals surface area contributed by atoms with Crippen molar-refractivity contribution in [1.29, 1.82) is 0 Å². The zero-order valence-electron chi connectivity index (χ0n) is 8.47. The Labute approximate surface area is 76.2 Å². The van der Waals surface area contributed by atoms with Crippen molar-refractivity contribution in [2.75, 3.05) is 0 Å². The Bertz CT molecular complexity index is 134. The minimum atomic E-state index is -0.00361. The summed E-state index contributed by atoms with van der Waals surface area (Å²) >= 11 is 0. The number of carbonyl (C=O) groups is 1. The molecule has 0 unspecified atom stereocenters. The molecule has 0 bridgehead atoms. The molecule has 0 aliphatic carbocycles. The van der Waals surface area contributed by atoms with Crippen molar-refractivity contribution in [1.82, 2.24) is 0 Å². The second-order valence-corrected chi connectivity index (χ2v) is 2.15. The number of unbranched alkanes of at least 4 members (excludes halogenated alkanes) is 2. The maximum atomic E-state index is 10.6. The van der Waals surface area contributed by atoms with E-state index >= 15 is 0 Å². The second kappa shape index (κ2) is 12.8. The van der Waals surface area contributed by atoms with E-state index in [0.717, 1.165) is 12.8 Å². The molecule has 0 aromatic rings. The molecule has 0 atom stereocenters. The van der Waals surface area contributed by atoms with Crippen LogP contribution in [0.5, 0.6) is 0 Å². The largest absolute Gasteiger partial charge is 0.290 e. The SMILES string of the molecule is C=CC(=O)/C=C/CCCC.CC. The van der Waals surface area contributed by atoms with Gasteiger partial charge in [0.15, 0.2) is 5.78 Å². The van der Waals surface area contributed by atoms with E-state index in [2.05, 4.69) is 13.5 Å². The van der Waals surface area contributed by atoms with E-state index in [1.807, 2.05) is 19.9 Å². The van der Waals surface area contributed by atoms with Crippen LogP contribution in [0.1, 0.15) is 40.0 Å². The lowest BCUT2D eigenvalue weighted by atomic mass is 10.2. The smallest absolute Gasteiger partial charge is 0.177 e. The van der Waals surface area contributed by atoms with Crippen LogP contribution in [0.25, 0.3) is 0 Å². The molecule has 1 heteroatoms. The fourth-order valence-corrected chi connectivity index (χ4v) is 0.590. The van der Waals surface area contributed by atoms with Crippen LogP contribution >= 0.6 is 0 Å². The molecular weight excluding hydrogens is 148 g/mol. The van der Waals surface area contributed by atoms with Crippen LogP contribution in [0, 0.1) is 0 Å². The van der Waals surface area contributed by atoms with Gasteiger partial charge in [-0.15, -0.1) is 0 Å². The number of hydrogen-bond donors (Lipinski definition) is 0. The summed E-state index contributed by atoms with van der Waals surface area (Å²) in [5.74, 6) is -0.00361. The number of carbonyl (C=O) groups excluding carboxylic acids is 1. The minimum absolute atomic E-state index is 0.00361. The van der Waals surface area contributed by atoms with Crippen LogP contribution in [0.15, 0.2) is 24.8 Å². The molecule has 0 aromatic carbocycles. The fourth-order valence-electron chi connectivity index (χ4n) is 0.590. The van der Waals surface area contributed by atoms with E-state index in [1.165, 1.54) is 12.5 Å². The fraction of sp³-hybridized carbons (Fsp3) is 0.545. The number of rotatable bonds is 5. The zero-order valence-corrected chi connectivity index (χ0v) is 8.47. The third kappa shape index (κ3) is 11.9. The molecule has 0 radical (unpaired) electrons. The standard InChI is InChI=1S/C9H14O.C2H6/c1-3-5-6-7-8-9(10)4-2;1-2/h4,7-8H,2-3,5-6H2,1H3;1-2H3/b8-7+;. The van der Waals surface area contributed by atoms with Gasteiger partial charge in [0.25, 0.3) is 0 Å². The van der Waals surface area contributed by atoms with Gasteiger partial charge in [-0.05, 0) is 18.6 Å². The predicted octanol–water partition coefficient (Wildman–Crippen LogP) is 3.51. The first-order valence-electron chi connectivity index (χ1n) is 4.64. The minimum Gasteiger partial charge on any atom is -0.290 e. The van der Waals surface area contributed by atoms with E-state index in [1.54, 1.807) is 6.08 Å². The quantitative estimate of drug-likeness (QED) is 0.453. The molecule has 0 fully saturated rings. The summed E-state index contributed by atoms with van der Waals surface area (Å²) < 4.78 is 0. The molecular formula is C11H20O. The van der Waals surface area contributed by atoms with E-state index < -0.39 is 0 Å². The van der Waals surface area contributed by atoms with Crippen LogP contribution in [0.3, 0.4) is 0 Å². The highest BCUT2D eigenvalue weighted by Gasteiger charge is 1.83. The summed E-state index contributed by atoms with van der Waals surface area (Å²) in [6, 6.07) is 0. The predicted molar refractivity (Wildman–Crippen MR) is 55.2 cm³/mol. The van der Waals surface area contributed by atoms with Crippen molar-refractivity contribution in [2.24, 2.45) is 0 Å². The summed E-state index contributed by atoms with van der Waals surface area (Å²) in [4.78, 5) is 10.6. The van der Waals surface area contributed by atoms with Crippen molar-refractivity contribution in [2.45, 2.75) is 40.0 Å². The zero-order chi connectivity index (χ0) is 9.82. The van der Waals surface area contributed by atoms with Crippen LogP contribution in [0.2, 0.25) is 0 Å². The van der Waals surface area contributed by atoms with Gasteiger partial charge in [0.2, 0.25) is 0 Å². The molecule has 70 valence electrons. The molecule has 0 spiro atoms.